The molecule has 0 radical (unpaired) electrons. The average molecular weight is 657 g/mol. The van der Waals surface area contributed by atoms with E-state index < -0.39 is 0 Å². The van der Waals surface area contributed by atoms with Crippen LogP contribution < -0.4 is 9.47 Å². The van der Waals surface area contributed by atoms with Crippen molar-refractivity contribution < 1.29 is 19.4 Å². The number of likely N-dealkylation sites (tertiary alicyclic amines) is 1. The van der Waals surface area contributed by atoms with Crippen LogP contribution >= 0.6 is 0 Å². The molecular formula is C42H60N2O4. The molecule has 3 aliphatic carbocycles. The predicted molar refractivity (Wildman–Crippen MR) is 192 cm³/mol. The number of carbonyl (C=O) groups excluding carboxylic acids is 1. The Kier molecular flexibility index (Phi) is 10.3. The lowest BCUT2D eigenvalue weighted by Gasteiger charge is -2.60. The van der Waals surface area contributed by atoms with Gasteiger partial charge in [0.15, 0.2) is 11.5 Å². The number of nitrogens with zero attached hydrogens (tertiary/aromatic N) is 2. The summed E-state index contributed by atoms with van der Waals surface area (Å²) in [6, 6.07) is 13.1. The number of aryl methyl sites for hydroxylation is 1. The third-order valence-electron chi connectivity index (χ3n) is 12.6. The van der Waals surface area contributed by atoms with E-state index in [1.54, 1.807) is 13.2 Å². The van der Waals surface area contributed by atoms with Crippen LogP contribution in [0.4, 0.5) is 0 Å². The van der Waals surface area contributed by atoms with Gasteiger partial charge in [0.2, 0.25) is 5.91 Å². The standard InChI is InChI=1S/C42H60N2O4/c1-29(2)27-44(38(46)18-14-9-7-5-4-6-8-11-15-30-16-12-10-13-17-30)34-22-21-33-35-25-32-36(45)26-37(47-3)40-39(32)42(33,41(34)48-40)23-24-43(35)28-31-19-20-31/h10,12-13,16-17,26,29,31,33-35,41,45H,4-9,11,14-15,18-25,27-28H2,1-3H3/t33-,34-,35+,41-,42-/m0/s1. The third kappa shape index (κ3) is 6.60. The highest BCUT2D eigenvalue weighted by Gasteiger charge is 2.67. The van der Waals surface area contributed by atoms with Crippen LogP contribution in [-0.4, -0.2) is 65.7 Å². The van der Waals surface area contributed by atoms with Crippen LogP contribution in [0, 0.1) is 17.8 Å². The number of hydrogen-bond acceptors (Lipinski definition) is 5. The molecule has 7 rings (SSSR count). The van der Waals surface area contributed by atoms with Gasteiger partial charge in [-0.3, -0.25) is 9.69 Å². The summed E-state index contributed by atoms with van der Waals surface area (Å²) in [7, 11) is 1.68. The van der Waals surface area contributed by atoms with Gasteiger partial charge in [-0.05, 0) is 87.6 Å². The van der Waals surface area contributed by atoms with Crippen LogP contribution in [0.5, 0.6) is 17.2 Å². The van der Waals surface area contributed by atoms with Gasteiger partial charge in [0.05, 0.1) is 13.2 Å². The number of aromatic hydroxyl groups is 1. The molecule has 2 aromatic carbocycles. The van der Waals surface area contributed by atoms with Crippen LogP contribution in [-0.2, 0) is 23.1 Å². The molecule has 3 fully saturated rings. The lowest BCUT2D eigenvalue weighted by Crippen LogP contribution is -2.69. The van der Waals surface area contributed by atoms with Gasteiger partial charge in [0, 0.05) is 48.2 Å². The number of benzene rings is 2. The fraction of sp³-hybridized carbons (Fsp3) is 0.690. The molecule has 2 bridgehead atoms. The molecule has 262 valence electrons. The number of ether oxygens (including phenoxy) is 2. The van der Waals surface area contributed by atoms with E-state index in [4.69, 9.17) is 9.47 Å². The highest BCUT2D eigenvalue weighted by atomic mass is 16.5. The van der Waals surface area contributed by atoms with Crippen LogP contribution in [0.3, 0.4) is 0 Å². The fourth-order valence-corrected chi connectivity index (χ4v) is 10.3. The number of methoxy groups -OCH3 is 1. The molecule has 2 aliphatic heterocycles. The second kappa shape index (κ2) is 14.6. The smallest absolute Gasteiger partial charge is 0.222 e. The number of carbonyl (C=O) groups is 1. The lowest BCUT2D eigenvalue weighted by molar-refractivity contribution is -0.143. The van der Waals surface area contributed by atoms with Gasteiger partial charge in [-0.15, -0.1) is 0 Å². The summed E-state index contributed by atoms with van der Waals surface area (Å²) in [6.07, 6.45) is 18.3. The highest BCUT2D eigenvalue weighted by molar-refractivity contribution is 5.77. The molecule has 1 saturated heterocycles. The van der Waals surface area contributed by atoms with Gasteiger partial charge in [0.1, 0.15) is 11.9 Å². The third-order valence-corrected chi connectivity index (χ3v) is 12.6. The molecule has 1 spiro atoms. The number of amides is 1. The van der Waals surface area contributed by atoms with Crippen LogP contribution in [0.15, 0.2) is 36.4 Å². The Balaban J connectivity index is 0.991. The molecule has 2 heterocycles. The SMILES string of the molecule is COc1cc(O)c2c3c1O[C@H]1[C@@H](N(CC(C)C)C(=O)CCCCCCCCCCc4ccccc4)CC[C@H]4[C@@H](C2)N(CC2CC2)CC[C@@]341. The molecule has 1 N–H and O–H groups in total. The Morgan fingerprint density at radius 3 is 2.46 bits per heavy atom. The van der Waals surface area contributed by atoms with Crippen molar-refractivity contribution in [1.29, 1.82) is 0 Å². The number of piperidine rings is 1. The van der Waals surface area contributed by atoms with Crippen LogP contribution in [0.2, 0.25) is 0 Å². The van der Waals surface area contributed by atoms with Crippen LogP contribution in [0.1, 0.15) is 120 Å². The second-order valence-corrected chi connectivity index (χ2v) is 16.3. The first-order valence-electron chi connectivity index (χ1n) is 19.6. The zero-order chi connectivity index (χ0) is 33.3. The molecule has 6 heteroatoms. The largest absolute Gasteiger partial charge is 0.508 e. The maximum absolute atomic E-state index is 14.2. The van der Waals surface area contributed by atoms with Crippen molar-refractivity contribution in [2.24, 2.45) is 17.8 Å². The van der Waals surface area contributed by atoms with E-state index in [-0.39, 0.29) is 17.6 Å². The van der Waals surface area contributed by atoms with E-state index in [1.165, 1.54) is 75.5 Å². The minimum absolute atomic E-state index is 0.0490. The van der Waals surface area contributed by atoms with Gasteiger partial charge >= 0.3 is 0 Å². The van der Waals surface area contributed by atoms with Gasteiger partial charge in [0.25, 0.3) is 0 Å². The summed E-state index contributed by atoms with van der Waals surface area (Å²) in [5.74, 6) is 3.87. The topological polar surface area (TPSA) is 62.2 Å². The second-order valence-electron chi connectivity index (χ2n) is 16.3. The lowest BCUT2D eigenvalue weighted by atomic mass is 9.50. The minimum Gasteiger partial charge on any atom is -0.508 e. The first-order chi connectivity index (χ1) is 23.4. The first-order valence-corrected chi connectivity index (χ1v) is 19.6. The Bertz CT molecular complexity index is 1410. The van der Waals surface area contributed by atoms with Gasteiger partial charge in [-0.25, -0.2) is 0 Å². The molecule has 5 atom stereocenters. The highest BCUT2D eigenvalue weighted by Crippen LogP contribution is 2.66. The summed E-state index contributed by atoms with van der Waals surface area (Å²) in [5.41, 5.74) is 3.58. The van der Waals surface area contributed by atoms with E-state index >= 15 is 0 Å². The zero-order valence-electron chi connectivity index (χ0n) is 29.9. The monoisotopic (exact) mass is 656 g/mol. The van der Waals surface area contributed by atoms with Crippen LogP contribution in [0.25, 0.3) is 0 Å². The van der Waals surface area contributed by atoms with Gasteiger partial charge in [-0.2, -0.15) is 0 Å². The summed E-state index contributed by atoms with van der Waals surface area (Å²) in [5, 5.41) is 11.4. The van der Waals surface area contributed by atoms with Crippen molar-refractivity contribution in [3.05, 3.63) is 53.1 Å². The summed E-state index contributed by atoms with van der Waals surface area (Å²) in [4.78, 5) is 19.2. The van der Waals surface area contributed by atoms with E-state index in [1.807, 2.05) is 0 Å². The van der Waals surface area contributed by atoms with E-state index in [0.29, 0.717) is 41.7 Å². The molecule has 48 heavy (non-hydrogen) atoms. The number of unbranched alkanes of at least 4 members (excludes halogenated alkanes) is 7. The quantitative estimate of drug-likeness (QED) is 0.173. The predicted octanol–water partition coefficient (Wildman–Crippen LogP) is 8.46. The van der Waals surface area contributed by atoms with Gasteiger partial charge < -0.3 is 19.5 Å². The molecule has 2 aromatic rings. The van der Waals surface area contributed by atoms with Crippen molar-refractivity contribution in [2.45, 2.75) is 140 Å². The Morgan fingerprint density at radius 1 is 1.02 bits per heavy atom. The van der Waals surface area contributed by atoms with Crippen molar-refractivity contribution in [1.82, 2.24) is 9.80 Å². The van der Waals surface area contributed by atoms with Crippen molar-refractivity contribution in [3.63, 3.8) is 0 Å². The summed E-state index contributed by atoms with van der Waals surface area (Å²) < 4.78 is 12.9. The molecule has 2 saturated carbocycles. The molecule has 0 unspecified atom stereocenters. The van der Waals surface area contributed by atoms with Crippen molar-refractivity contribution >= 4 is 5.91 Å². The number of phenolic OH excluding ortho intramolecular Hbond substituents is 1. The molecule has 0 aromatic heterocycles. The summed E-state index contributed by atoms with van der Waals surface area (Å²) >= 11 is 0. The maximum atomic E-state index is 14.2. The molecule has 1 amide bonds. The first kappa shape index (κ1) is 33.8. The zero-order valence-corrected chi connectivity index (χ0v) is 29.9. The van der Waals surface area contributed by atoms with E-state index in [0.717, 1.165) is 68.8 Å². The van der Waals surface area contributed by atoms with Crippen molar-refractivity contribution in [2.75, 3.05) is 26.7 Å². The Labute approximate surface area is 289 Å². The minimum atomic E-state index is -0.167. The maximum Gasteiger partial charge on any atom is 0.222 e. The summed E-state index contributed by atoms with van der Waals surface area (Å²) in [6.45, 7) is 7.51. The number of phenols is 1. The Hall–Kier alpha value is -2.73. The Morgan fingerprint density at radius 2 is 1.75 bits per heavy atom. The van der Waals surface area contributed by atoms with E-state index in [2.05, 4.69) is 54.0 Å². The van der Waals surface area contributed by atoms with E-state index in [9.17, 15) is 9.90 Å². The molecular weight excluding hydrogens is 596 g/mol. The normalized spacial score (nSPS) is 27.1. The molecule has 6 nitrogen and oxygen atoms in total. The number of rotatable bonds is 17. The fourth-order valence-electron chi connectivity index (χ4n) is 10.3. The number of hydrogen-bond donors (Lipinski definition) is 1. The molecule has 5 aliphatic rings. The van der Waals surface area contributed by atoms with Crippen molar-refractivity contribution in [3.8, 4) is 17.2 Å². The average Bonchev–Trinajstić information content (AvgIpc) is 3.84. The van der Waals surface area contributed by atoms with Gasteiger partial charge in [-0.1, -0.05) is 82.7 Å².